The van der Waals surface area contributed by atoms with Crippen molar-refractivity contribution in [3.8, 4) is 0 Å². The number of piperidine rings is 1. The summed E-state index contributed by atoms with van der Waals surface area (Å²) >= 11 is 0. The first-order valence-electron chi connectivity index (χ1n) is 5.74. The lowest BCUT2D eigenvalue weighted by molar-refractivity contribution is -0.134. The van der Waals surface area contributed by atoms with E-state index in [0.29, 0.717) is 18.5 Å². The highest BCUT2D eigenvalue weighted by atomic mass is 16.2. The van der Waals surface area contributed by atoms with Crippen molar-refractivity contribution in [2.45, 2.75) is 38.5 Å². The van der Waals surface area contributed by atoms with E-state index in [-0.39, 0.29) is 23.7 Å². The lowest BCUT2D eigenvalue weighted by Gasteiger charge is -2.22. The summed E-state index contributed by atoms with van der Waals surface area (Å²) in [4.78, 5) is 22.9. The van der Waals surface area contributed by atoms with Gasteiger partial charge >= 0.3 is 0 Å². The van der Waals surface area contributed by atoms with E-state index in [2.05, 4.69) is 15.5 Å². The van der Waals surface area contributed by atoms with Crippen LogP contribution in [0.1, 0.15) is 49.8 Å². The second kappa shape index (κ2) is 4.61. The van der Waals surface area contributed by atoms with E-state index < -0.39 is 0 Å². The smallest absolute Gasteiger partial charge is 0.235 e. The van der Waals surface area contributed by atoms with Crippen LogP contribution in [0, 0.1) is 0 Å². The zero-order chi connectivity index (χ0) is 12.4. The molecule has 1 saturated heterocycles. The minimum absolute atomic E-state index is 0.207. The SMILES string of the molecule is CC(C)c1ccnnc1C1CCC(=O)NC1=O. The van der Waals surface area contributed by atoms with E-state index in [9.17, 15) is 9.59 Å². The molecule has 1 aliphatic rings. The molecule has 1 atom stereocenters. The van der Waals surface area contributed by atoms with E-state index >= 15 is 0 Å². The molecular weight excluding hydrogens is 218 g/mol. The van der Waals surface area contributed by atoms with Gasteiger partial charge in [0.25, 0.3) is 0 Å². The summed E-state index contributed by atoms with van der Waals surface area (Å²) in [6, 6.07) is 1.89. The molecule has 1 fully saturated rings. The Morgan fingerprint density at radius 3 is 2.82 bits per heavy atom. The molecule has 5 nitrogen and oxygen atoms in total. The molecule has 1 N–H and O–H groups in total. The van der Waals surface area contributed by atoms with Crippen LogP contribution < -0.4 is 5.32 Å². The van der Waals surface area contributed by atoms with Crippen molar-refractivity contribution < 1.29 is 9.59 Å². The first-order chi connectivity index (χ1) is 8.09. The number of aromatic nitrogens is 2. The molecule has 0 aromatic carbocycles. The van der Waals surface area contributed by atoms with Gasteiger partial charge in [0.05, 0.1) is 11.6 Å². The van der Waals surface area contributed by atoms with Gasteiger partial charge in [-0.2, -0.15) is 10.2 Å². The lowest BCUT2D eigenvalue weighted by Crippen LogP contribution is -2.40. The van der Waals surface area contributed by atoms with E-state index in [0.717, 1.165) is 5.56 Å². The summed E-state index contributed by atoms with van der Waals surface area (Å²) in [5, 5.41) is 10.3. The van der Waals surface area contributed by atoms with Gasteiger partial charge in [-0.3, -0.25) is 14.9 Å². The Balaban J connectivity index is 2.34. The maximum Gasteiger partial charge on any atom is 0.235 e. The van der Waals surface area contributed by atoms with Crippen LogP contribution in [0.3, 0.4) is 0 Å². The molecule has 2 amide bonds. The molecule has 0 bridgehead atoms. The highest BCUT2D eigenvalue weighted by molar-refractivity contribution is 6.00. The average molecular weight is 233 g/mol. The molecule has 0 saturated carbocycles. The Morgan fingerprint density at radius 2 is 2.18 bits per heavy atom. The Bertz CT molecular complexity index is 457. The van der Waals surface area contributed by atoms with Crippen molar-refractivity contribution in [1.82, 2.24) is 15.5 Å². The fourth-order valence-corrected chi connectivity index (χ4v) is 2.07. The molecule has 17 heavy (non-hydrogen) atoms. The van der Waals surface area contributed by atoms with Gasteiger partial charge < -0.3 is 0 Å². The Labute approximate surface area is 99.6 Å². The molecule has 0 spiro atoms. The third-order valence-corrected chi connectivity index (χ3v) is 2.97. The van der Waals surface area contributed by atoms with E-state index in [1.165, 1.54) is 0 Å². The molecule has 1 aliphatic heterocycles. The zero-order valence-corrected chi connectivity index (χ0v) is 9.93. The monoisotopic (exact) mass is 233 g/mol. The first-order valence-corrected chi connectivity index (χ1v) is 5.74. The fraction of sp³-hybridized carbons (Fsp3) is 0.500. The average Bonchev–Trinajstić information content (AvgIpc) is 2.29. The van der Waals surface area contributed by atoms with Crippen molar-refractivity contribution in [2.75, 3.05) is 0 Å². The summed E-state index contributed by atoms with van der Waals surface area (Å²) in [6.45, 7) is 4.10. The topological polar surface area (TPSA) is 72.0 Å². The number of nitrogens with one attached hydrogen (secondary N) is 1. The van der Waals surface area contributed by atoms with Gasteiger partial charge in [0, 0.05) is 12.6 Å². The Kier molecular flexibility index (Phi) is 3.17. The summed E-state index contributed by atoms with van der Waals surface area (Å²) in [6.07, 6.45) is 2.51. The van der Waals surface area contributed by atoms with Crippen LogP contribution in [0.2, 0.25) is 0 Å². The molecular formula is C12H15N3O2. The third kappa shape index (κ3) is 2.33. The molecule has 2 rings (SSSR count). The third-order valence-electron chi connectivity index (χ3n) is 2.97. The number of carbonyl (C=O) groups is 2. The van der Waals surface area contributed by atoms with Crippen LogP contribution in [0.5, 0.6) is 0 Å². The molecule has 1 aromatic rings. The van der Waals surface area contributed by atoms with Gasteiger partial charge in [-0.15, -0.1) is 0 Å². The second-order valence-electron chi connectivity index (χ2n) is 4.53. The van der Waals surface area contributed by atoms with Crippen molar-refractivity contribution in [2.24, 2.45) is 0 Å². The van der Waals surface area contributed by atoms with Crippen LogP contribution >= 0.6 is 0 Å². The molecule has 5 heteroatoms. The lowest BCUT2D eigenvalue weighted by atomic mass is 9.88. The predicted molar refractivity (Wildman–Crippen MR) is 61.2 cm³/mol. The van der Waals surface area contributed by atoms with Crippen molar-refractivity contribution in [1.29, 1.82) is 0 Å². The van der Waals surface area contributed by atoms with E-state index in [1.807, 2.05) is 19.9 Å². The predicted octanol–water partition coefficient (Wildman–Crippen LogP) is 1.12. The highest BCUT2D eigenvalue weighted by Crippen LogP contribution is 2.28. The maximum atomic E-state index is 11.8. The molecule has 90 valence electrons. The number of imide groups is 1. The summed E-state index contributed by atoms with van der Waals surface area (Å²) in [5.41, 5.74) is 1.72. The van der Waals surface area contributed by atoms with E-state index in [4.69, 9.17) is 0 Å². The van der Waals surface area contributed by atoms with Crippen molar-refractivity contribution in [3.63, 3.8) is 0 Å². The van der Waals surface area contributed by atoms with Crippen LogP contribution in [0.4, 0.5) is 0 Å². The van der Waals surface area contributed by atoms with Crippen molar-refractivity contribution in [3.05, 3.63) is 23.5 Å². The number of hydrogen-bond donors (Lipinski definition) is 1. The molecule has 1 unspecified atom stereocenters. The van der Waals surface area contributed by atoms with Gasteiger partial charge in [-0.05, 0) is 24.0 Å². The zero-order valence-electron chi connectivity index (χ0n) is 9.93. The van der Waals surface area contributed by atoms with Gasteiger partial charge in [0.1, 0.15) is 0 Å². The minimum Gasteiger partial charge on any atom is -0.296 e. The standard InChI is InChI=1S/C12H15N3O2/c1-7(2)8-5-6-13-15-11(8)9-3-4-10(16)14-12(9)17/h5-7,9H,3-4H2,1-2H3,(H,14,16,17). The Hall–Kier alpha value is -1.78. The number of carbonyl (C=O) groups excluding carboxylic acids is 2. The second-order valence-corrected chi connectivity index (χ2v) is 4.53. The normalized spacial score (nSPS) is 20.5. The Morgan fingerprint density at radius 1 is 1.41 bits per heavy atom. The number of rotatable bonds is 2. The fourth-order valence-electron chi connectivity index (χ4n) is 2.07. The molecule has 0 radical (unpaired) electrons. The highest BCUT2D eigenvalue weighted by Gasteiger charge is 2.31. The van der Waals surface area contributed by atoms with Crippen LogP contribution in [-0.2, 0) is 9.59 Å². The molecule has 1 aromatic heterocycles. The van der Waals surface area contributed by atoms with Gasteiger partial charge in [0.15, 0.2) is 0 Å². The maximum absolute atomic E-state index is 11.8. The number of amides is 2. The molecule has 2 heterocycles. The van der Waals surface area contributed by atoms with Gasteiger partial charge in [-0.1, -0.05) is 13.8 Å². The quantitative estimate of drug-likeness (QED) is 0.777. The summed E-state index contributed by atoms with van der Waals surface area (Å²) in [7, 11) is 0. The summed E-state index contributed by atoms with van der Waals surface area (Å²) < 4.78 is 0. The van der Waals surface area contributed by atoms with Crippen LogP contribution in [0.15, 0.2) is 12.3 Å². The van der Waals surface area contributed by atoms with Gasteiger partial charge in [0.2, 0.25) is 11.8 Å². The van der Waals surface area contributed by atoms with Crippen molar-refractivity contribution >= 4 is 11.8 Å². The van der Waals surface area contributed by atoms with Crippen LogP contribution in [-0.4, -0.2) is 22.0 Å². The van der Waals surface area contributed by atoms with Gasteiger partial charge in [-0.25, -0.2) is 0 Å². The number of hydrogen-bond acceptors (Lipinski definition) is 4. The summed E-state index contributed by atoms with van der Waals surface area (Å²) in [5.74, 6) is -0.533. The van der Waals surface area contributed by atoms with E-state index in [1.54, 1.807) is 6.20 Å². The minimum atomic E-state index is -0.348. The number of nitrogens with zero attached hydrogens (tertiary/aromatic N) is 2. The van der Waals surface area contributed by atoms with Crippen LogP contribution in [0.25, 0.3) is 0 Å². The largest absolute Gasteiger partial charge is 0.296 e. The first kappa shape index (κ1) is 11.7. The molecule has 0 aliphatic carbocycles.